The predicted octanol–water partition coefficient (Wildman–Crippen LogP) is 1.76. The highest BCUT2D eigenvalue weighted by Crippen LogP contribution is 2.22. The number of nitrogens with zero attached hydrogens (tertiary/aromatic N) is 2. The SMILES string of the molecule is CCOC(=O)C1CCCN1C(=O)c1ccc([N+](=O)[O-])cc1. The first-order valence-electron chi connectivity index (χ1n) is 6.76. The van der Waals surface area contributed by atoms with Gasteiger partial charge in [-0.05, 0) is 31.9 Å². The Morgan fingerprint density at radius 1 is 1.38 bits per heavy atom. The molecule has 2 rings (SSSR count). The lowest BCUT2D eigenvalue weighted by atomic mass is 10.1. The van der Waals surface area contributed by atoms with E-state index in [1.807, 2.05) is 0 Å². The van der Waals surface area contributed by atoms with E-state index in [1.54, 1.807) is 6.92 Å². The Bertz CT molecular complexity index is 555. The molecule has 1 unspecified atom stereocenters. The molecule has 0 saturated carbocycles. The Morgan fingerprint density at radius 3 is 2.62 bits per heavy atom. The first-order chi connectivity index (χ1) is 10.0. The van der Waals surface area contributed by atoms with E-state index in [0.717, 1.165) is 6.42 Å². The van der Waals surface area contributed by atoms with Crippen LogP contribution in [0.2, 0.25) is 0 Å². The molecule has 1 saturated heterocycles. The van der Waals surface area contributed by atoms with Crippen LogP contribution in [0.4, 0.5) is 5.69 Å². The van der Waals surface area contributed by atoms with Crippen molar-refractivity contribution in [3.05, 3.63) is 39.9 Å². The summed E-state index contributed by atoms with van der Waals surface area (Å²) < 4.78 is 4.97. The van der Waals surface area contributed by atoms with Crippen molar-refractivity contribution in [2.45, 2.75) is 25.8 Å². The first kappa shape index (κ1) is 15.0. The topological polar surface area (TPSA) is 89.8 Å². The van der Waals surface area contributed by atoms with Crippen molar-refractivity contribution in [2.75, 3.05) is 13.2 Å². The molecule has 0 spiro atoms. The van der Waals surface area contributed by atoms with Gasteiger partial charge >= 0.3 is 5.97 Å². The third-order valence-electron chi connectivity index (χ3n) is 3.40. The third kappa shape index (κ3) is 3.18. The molecule has 1 amide bonds. The van der Waals surface area contributed by atoms with Crippen LogP contribution in [0.15, 0.2) is 24.3 Å². The minimum Gasteiger partial charge on any atom is -0.464 e. The van der Waals surface area contributed by atoms with Gasteiger partial charge in [0.25, 0.3) is 11.6 Å². The second-order valence-electron chi connectivity index (χ2n) is 4.71. The minimum absolute atomic E-state index is 0.0742. The van der Waals surface area contributed by atoms with Crippen LogP contribution in [-0.4, -0.2) is 40.9 Å². The molecule has 1 atom stereocenters. The van der Waals surface area contributed by atoms with Gasteiger partial charge in [0.2, 0.25) is 0 Å². The van der Waals surface area contributed by atoms with Crippen molar-refractivity contribution >= 4 is 17.6 Å². The van der Waals surface area contributed by atoms with E-state index in [2.05, 4.69) is 0 Å². The number of amides is 1. The fourth-order valence-electron chi connectivity index (χ4n) is 2.38. The number of rotatable bonds is 4. The van der Waals surface area contributed by atoms with Crippen molar-refractivity contribution in [1.29, 1.82) is 0 Å². The van der Waals surface area contributed by atoms with Crippen LogP contribution in [0.3, 0.4) is 0 Å². The van der Waals surface area contributed by atoms with E-state index < -0.39 is 16.9 Å². The van der Waals surface area contributed by atoms with Crippen molar-refractivity contribution < 1.29 is 19.2 Å². The number of carbonyl (C=O) groups is 2. The van der Waals surface area contributed by atoms with E-state index in [0.29, 0.717) is 18.5 Å². The van der Waals surface area contributed by atoms with Gasteiger partial charge in [0.05, 0.1) is 11.5 Å². The number of non-ortho nitro benzene ring substituents is 1. The zero-order valence-corrected chi connectivity index (χ0v) is 11.7. The smallest absolute Gasteiger partial charge is 0.328 e. The second-order valence-corrected chi connectivity index (χ2v) is 4.71. The van der Waals surface area contributed by atoms with Crippen molar-refractivity contribution in [3.8, 4) is 0 Å². The van der Waals surface area contributed by atoms with Crippen molar-refractivity contribution in [3.63, 3.8) is 0 Å². The number of hydrogen-bond donors (Lipinski definition) is 0. The summed E-state index contributed by atoms with van der Waals surface area (Å²) in [5.74, 6) is -0.703. The van der Waals surface area contributed by atoms with Gasteiger partial charge in [-0.1, -0.05) is 0 Å². The molecule has 21 heavy (non-hydrogen) atoms. The minimum atomic E-state index is -0.562. The van der Waals surface area contributed by atoms with Gasteiger partial charge in [0, 0.05) is 24.2 Å². The fourth-order valence-corrected chi connectivity index (χ4v) is 2.38. The Balaban J connectivity index is 2.14. The van der Waals surface area contributed by atoms with Gasteiger partial charge < -0.3 is 9.64 Å². The zero-order valence-electron chi connectivity index (χ0n) is 11.7. The average molecular weight is 292 g/mol. The lowest BCUT2D eigenvalue weighted by Crippen LogP contribution is -2.41. The highest BCUT2D eigenvalue weighted by atomic mass is 16.6. The summed E-state index contributed by atoms with van der Waals surface area (Å²) in [6.07, 6.45) is 1.32. The zero-order chi connectivity index (χ0) is 15.4. The van der Waals surface area contributed by atoms with E-state index in [1.165, 1.54) is 29.2 Å². The Labute approximate surface area is 121 Å². The number of ether oxygens (including phenoxy) is 1. The van der Waals surface area contributed by atoms with Gasteiger partial charge in [-0.15, -0.1) is 0 Å². The molecule has 0 aliphatic carbocycles. The summed E-state index contributed by atoms with van der Waals surface area (Å²) in [4.78, 5) is 35.8. The molecule has 0 radical (unpaired) electrons. The molecule has 0 N–H and O–H groups in total. The maximum Gasteiger partial charge on any atom is 0.328 e. The molecule has 1 aromatic carbocycles. The van der Waals surface area contributed by atoms with E-state index in [9.17, 15) is 19.7 Å². The summed E-state index contributed by atoms with van der Waals surface area (Å²) in [5.41, 5.74) is 0.256. The Morgan fingerprint density at radius 2 is 2.05 bits per heavy atom. The first-order valence-corrected chi connectivity index (χ1v) is 6.76. The maximum atomic E-state index is 12.4. The van der Waals surface area contributed by atoms with Crippen molar-refractivity contribution in [2.24, 2.45) is 0 Å². The second kappa shape index (κ2) is 6.34. The quantitative estimate of drug-likeness (QED) is 0.479. The summed E-state index contributed by atoms with van der Waals surface area (Å²) in [7, 11) is 0. The van der Waals surface area contributed by atoms with Gasteiger partial charge in [-0.25, -0.2) is 4.79 Å². The summed E-state index contributed by atoms with van der Waals surface area (Å²) >= 11 is 0. The van der Waals surface area contributed by atoms with E-state index in [-0.39, 0.29) is 18.2 Å². The summed E-state index contributed by atoms with van der Waals surface area (Å²) in [6, 6.07) is 4.81. The Hall–Kier alpha value is -2.44. The number of carbonyl (C=O) groups excluding carboxylic acids is 2. The molecule has 112 valence electrons. The number of likely N-dealkylation sites (tertiary alicyclic amines) is 1. The van der Waals surface area contributed by atoms with Crippen LogP contribution >= 0.6 is 0 Å². The van der Waals surface area contributed by atoms with Crippen LogP contribution in [-0.2, 0) is 9.53 Å². The largest absolute Gasteiger partial charge is 0.464 e. The number of benzene rings is 1. The fraction of sp³-hybridized carbons (Fsp3) is 0.429. The molecular weight excluding hydrogens is 276 g/mol. The molecular formula is C14H16N2O5. The number of nitro groups is 1. The molecule has 1 heterocycles. The Kier molecular flexibility index (Phi) is 4.52. The van der Waals surface area contributed by atoms with Gasteiger partial charge in [0.1, 0.15) is 6.04 Å². The molecule has 1 aliphatic rings. The summed E-state index contributed by atoms with van der Waals surface area (Å²) in [5, 5.41) is 10.6. The summed E-state index contributed by atoms with van der Waals surface area (Å²) in [6.45, 7) is 2.48. The standard InChI is InChI=1S/C14H16N2O5/c1-2-21-14(18)12-4-3-9-15(12)13(17)10-5-7-11(8-6-10)16(19)20/h5-8,12H,2-4,9H2,1H3. The molecule has 1 aliphatic heterocycles. The van der Waals surface area contributed by atoms with E-state index >= 15 is 0 Å². The lowest BCUT2D eigenvalue weighted by molar-refractivity contribution is -0.384. The molecule has 1 aromatic rings. The number of nitro benzene ring substituents is 1. The maximum absolute atomic E-state index is 12.4. The monoisotopic (exact) mass is 292 g/mol. The lowest BCUT2D eigenvalue weighted by Gasteiger charge is -2.23. The highest BCUT2D eigenvalue weighted by molar-refractivity contribution is 5.97. The molecule has 7 nitrogen and oxygen atoms in total. The predicted molar refractivity (Wildman–Crippen MR) is 73.8 cm³/mol. The van der Waals surface area contributed by atoms with Crippen LogP contribution in [0.5, 0.6) is 0 Å². The van der Waals surface area contributed by atoms with Gasteiger partial charge in [-0.3, -0.25) is 14.9 Å². The molecule has 7 heteroatoms. The van der Waals surface area contributed by atoms with Crippen LogP contribution in [0, 0.1) is 10.1 Å². The number of hydrogen-bond acceptors (Lipinski definition) is 5. The number of esters is 1. The average Bonchev–Trinajstić information content (AvgIpc) is 2.96. The van der Waals surface area contributed by atoms with Gasteiger partial charge in [-0.2, -0.15) is 0 Å². The van der Waals surface area contributed by atoms with Gasteiger partial charge in [0.15, 0.2) is 0 Å². The molecule has 0 aromatic heterocycles. The van der Waals surface area contributed by atoms with E-state index in [4.69, 9.17) is 4.74 Å². The third-order valence-corrected chi connectivity index (χ3v) is 3.40. The highest BCUT2D eigenvalue weighted by Gasteiger charge is 2.35. The van der Waals surface area contributed by atoms with Crippen LogP contribution < -0.4 is 0 Å². The van der Waals surface area contributed by atoms with Crippen molar-refractivity contribution in [1.82, 2.24) is 4.90 Å². The van der Waals surface area contributed by atoms with Crippen LogP contribution in [0.1, 0.15) is 30.1 Å². The molecule has 1 fully saturated rings. The van der Waals surface area contributed by atoms with Crippen LogP contribution in [0.25, 0.3) is 0 Å². The molecule has 0 bridgehead atoms. The normalized spacial score (nSPS) is 17.6.